The third kappa shape index (κ3) is 6.02. The van der Waals surface area contributed by atoms with E-state index in [0.29, 0.717) is 18.7 Å². The van der Waals surface area contributed by atoms with Crippen molar-refractivity contribution in [1.82, 2.24) is 5.32 Å². The third-order valence-corrected chi connectivity index (χ3v) is 3.97. The summed E-state index contributed by atoms with van der Waals surface area (Å²) in [6, 6.07) is -0.309. The van der Waals surface area contributed by atoms with Crippen LogP contribution >= 0.6 is 0 Å². The molecule has 1 amide bonds. The molecule has 0 heterocycles. The molecule has 0 aromatic rings. The molecule has 0 fully saturated rings. The lowest BCUT2D eigenvalue weighted by Gasteiger charge is -2.38. The van der Waals surface area contributed by atoms with Gasteiger partial charge in [0.05, 0.1) is 24.1 Å². The van der Waals surface area contributed by atoms with Gasteiger partial charge in [-0.2, -0.15) is 0 Å². The van der Waals surface area contributed by atoms with Gasteiger partial charge in [-0.15, -0.1) is 0 Å². The van der Waals surface area contributed by atoms with Crippen molar-refractivity contribution in [3.05, 3.63) is 11.8 Å². The summed E-state index contributed by atoms with van der Waals surface area (Å²) in [6.07, 6.45) is 3.85. The molecule has 23 heavy (non-hydrogen) atoms. The second-order valence-corrected chi connectivity index (χ2v) is 5.78. The van der Waals surface area contributed by atoms with E-state index in [1.807, 2.05) is 13.8 Å². The largest absolute Gasteiger partial charge is 0.434 e. The van der Waals surface area contributed by atoms with Crippen LogP contribution in [0.1, 0.15) is 46.5 Å². The monoisotopic (exact) mass is 325 g/mol. The molecule has 7 heteroatoms. The molecule has 7 nitrogen and oxygen atoms in total. The number of carbonyl (C=O) groups is 2. The maximum atomic E-state index is 11.6. The average Bonchev–Trinajstić information content (AvgIpc) is 2.47. The molecular weight excluding hydrogens is 298 g/mol. The first-order valence-corrected chi connectivity index (χ1v) is 7.97. The molecule has 0 saturated heterocycles. The van der Waals surface area contributed by atoms with Crippen molar-refractivity contribution >= 4 is 18.2 Å². The van der Waals surface area contributed by atoms with Gasteiger partial charge in [-0.3, -0.25) is 15.0 Å². The summed E-state index contributed by atoms with van der Waals surface area (Å²) in [4.78, 5) is 22.2. The number of amidine groups is 1. The zero-order chi connectivity index (χ0) is 17.4. The Morgan fingerprint density at radius 1 is 1.52 bits per heavy atom. The molecule has 0 spiro atoms. The molecule has 1 rings (SSSR count). The van der Waals surface area contributed by atoms with Crippen molar-refractivity contribution < 1.29 is 19.1 Å². The first-order chi connectivity index (χ1) is 10.9. The van der Waals surface area contributed by atoms with Gasteiger partial charge in [0.1, 0.15) is 5.76 Å². The molecule has 0 aliphatic heterocycles. The molecule has 130 valence electrons. The van der Waals surface area contributed by atoms with Crippen molar-refractivity contribution in [1.29, 1.82) is 5.41 Å². The van der Waals surface area contributed by atoms with E-state index in [2.05, 4.69) is 5.32 Å². The summed E-state index contributed by atoms with van der Waals surface area (Å²) in [6.45, 7) is 5.90. The van der Waals surface area contributed by atoms with Crippen LogP contribution in [0.4, 0.5) is 0 Å². The number of nitrogens with one attached hydrogen (secondary N) is 2. The van der Waals surface area contributed by atoms with E-state index in [4.69, 9.17) is 20.6 Å². The van der Waals surface area contributed by atoms with Crippen LogP contribution in [0.5, 0.6) is 0 Å². The molecule has 0 aromatic heterocycles. The Balaban J connectivity index is 3.06. The van der Waals surface area contributed by atoms with E-state index in [1.54, 1.807) is 6.08 Å². The SMILES string of the molecule is CCC(CC)O[C@@H]1CC(OC=O)=C[C@H](CC(=N)N)[C@H]1NC(C)=O. The van der Waals surface area contributed by atoms with Gasteiger partial charge in [0, 0.05) is 25.7 Å². The highest BCUT2D eigenvalue weighted by atomic mass is 16.5. The van der Waals surface area contributed by atoms with Gasteiger partial charge in [-0.05, 0) is 18.9 Å². The number of carbonyl (C=O) groups excluding carboxylic acids is 2. The number of hydrogen-bond donors (Lipinski definition) is 3. The normalized spacial score (nSPS) is 24.0. The Labute approximate surface area is 137 Å². The Hall–Kier alpha value is -1.89. The van der Waals surface area contributed by atoms with Gasteiger partial charge < -0.3 is 20.5 Å². The fourth-order valence-electron chi connectivity index (χ4n) is 2.90. The number of amides is 1. The molecule has 0 unspecified atom stereocenters. The fraction of sp³-hybridized carbons (Fsp3) is 0.688. The van der Waals surface area contributed by atoms with Crippen LogP contribution in [0.15, 0.2) is 11.8 Å². The Bertz CT molecular complexity index is 460. The summed E-state index contributed by atoms with van der Waals surface area (Å²) in [5.41, 5.74) is 5.52. The summed E-state index contributed by atoms with van der Waals surface area (Å²) >= 11 is 0. The van der Waals surface area contributed by atoms with Crippen molar-refractivity contribution in [3.8, 4) is 0 Å². The topological polar surface area (TPSA) is 114 Å². The van der Waals surface area contributed by atoms with E-state index in [1.165, 1.54) is 6.92 Å². The number of ether oxygens (including phenoxy) is 2. The van der Waals surface area contributed by atoms with Crippen LogP contribution in [-0.2, 0) is 19.1 Å². The second kappa shape index (κ2) is 9.29. The van der Waals surface area contributed by atoms with Crippen molar-refractivity contribution in [2.24, 2.45) is 11.7 Å². The van der Waals surface area contributed by atoms with Gasteiger partial charge in [-0.1, -0.05) is 13.8 Å². The van der Waals surface area contributed by atoms with Crippen molar-refractivity contribution in [2.45, 2.75) is 64.7 Å². The van der Waals surface area contributed by atoms with Gasteiger partial charge in [0.25, 0.3) is 6.47 Å². The predicted molar refractivity (Wildman–Crippen MR) is 86.7 cm³/mol. The first kappa shape index (κ1) is 19.2. The molecule has 0 bridgehead atoms. The quantitative estimate of drug-likeness (QED) is 0.337. The minimum atomic E-state index is -0.326. The van der Waals surface area contributed by atoms with Crippen molar-refractivity contribution in [2.75, 3.05) is 0 Å². The standard InChI is InChI=1S/C16H27N3O4/c1-4-12(5-2)23-14-8-13(22-9-20)6-11(7-15(17)18)16(14)19-10(3)21/h6,9,11-12,14,16H,4-5,7-8H2,1-3H3,(H3,17,18)(H,19,21)/t11-,14-,16-/m1/s1. The van der Waals surface area contributed by atoms with Crippen LogP contribution < -0.4 is 11.1 Å². The third-order valence-electron chi connectivity index (χ3n) is 3.97. The van der Waals surface area contributed by atoms with E-state index in [-0.39, 0.29) is 42.3 Å². The van der Waals surface area contributed by atoms with E-state index < -0.39 is 0 Å². The van der Waals surface area contributed by atoms with Crippen LogP contribution in [0, 0.1) is 11.3 Å². The lowest BCUT2D eigenvalue weighted by molar-refractivity contribution is -0.128. The Morgan fingerprint density at radius 3 is 2.65 bits per heavy atom. The smallest absolute Gasteiger partial charge is 0.298 e. The van der Waals surface area contributed by atoms with E-state index in [9.17, 15) is 9.59 Å². The van der Waals surface area contributed by atoms with Gasteiger partial charge >= 0.3 is 0 Å². The molecule has 3 atom stereocenters. The van der Waals surface area contributed by atoms with Crippen LogP contribution in [0.3, 0.4) is 0 Å². The fourth-order valence-corrected chi connectivity index (χ4v) is 2.90. The van der Waals surface area contributed by atoms with Gasteiger partial charge in [0.2, 0.25) is 5.91 Å². The van der Waals surface area contributed by atoms with Crippen molar-refractivity contribution in [3.63, 3.8) is 0 Å². The highest BCUT2D eigenvalue weighted by Crippen LogP contribution is 2.30. The zero-order valence-electron chi connectivity index (χ0n) is 14.0. The number of hydrogen-bond acceptors (Lipinski definition) is 5. The van der Waals surface area contributed by atoms with Crippen LogP contribution in [0.2, 0.25) is 0 Å². The lowest BCUT2D eigenvalue weighted by Crippen LogP contribution is -2.52. The molecule has 0 saturated carbocycles. The maximum Gasteiger partial charge on any atom is 0.298 e. The molecule has 0 aromatic carbocycles. The van der Waals surface area contributed by atoms with Gasteiger partial charge in [-0.25, -0.2) is 0 Å². The molecule has 0 radical (unpaired) electrons. The minimum Gasteiger partial charge on any atom is -0.434 e. The average molecular weight is 325 g/mol. The van der Waals surface area contributed by atoms with Crippen LogP contribution in [-0.4, -0.2) is 36.5 Å². The first-order valence-electron chi connectivity index (χ1n) is 7.97. The maximum absolute atomic E-state index is 11.6. The number of rotatable bonds is 9. The molecule has 4 N–H and O–H groups in total. The predicted octanol–water partition coefficient (Wildman–Crippen LogP) is 1.47. The summed E-state index contributed by atoms with van der Waals surface area (Å²) < 4.78 is 11.1. The molecule has 1 aliphatic carbocycles. The lowest BCUT2D eigenvalue weighted by atomic mass is 9.84. The molecular formula is C16H27N3O4. The Morgan fingerprint density at radius 2 is 2.17 bits per heavy atom. The zero-order valence-corrected chi connectivity index (χ0v) is 14.0. The second-order valence-electron chi connectivity index (χ2n) is 5.78. The van der Waals surface area contributed by atoms with Crippen LogP contribution in [0.25, 0.3) is 0 Å². The highest BCUT2D eigenvalue weighted by molar-refractivity contribution is 5.78. The molecule has 1 aliphatic rings. The Kier molecular flexibility index (Phi) is 7.74. The summed E-state index contributed by atoms with van der Waals surface area (Å²) in [5, 5.41) is 10.4. The van der Waals surface area contributed by atoms with E-state index in [0.717, 1.165) is 12.8 Å². The van der Waals surface area contributed by atoms with E-state index >= 15 is 0 Å². The summed E-state index contributed by atoms with van der Waals surface area (Å²) in [7, 11) is 0. The number of nitrogens with two attached hydrogens (primary N) is 1. The minimum absolute atomic E-state index is 0.00948. The van der Waals surface area contributed by atoms with Gasteiger partial charge in [0.15, 0.2) is 0 Å². The highest BCUT2D eigenvalue weighted by Gasteiger charge is 2.36. The summed E-state index contributed by atoms with van der Waals surface area (Å²) in [5.74, 6) is 0.0772.